The van der Waals surface area contributed by atoms with Gasteiger partial charge in [-0.05, 0) is 25.0 Å². The maximum Gasteiger partial charge on any atom is 0.0712 e. The monoisotopic (exact) mass is 208 g/mol. The molecule has 0 saturated heterocycles. The molecule has 1 aromatic rings. The van der Waals surface area contributed by atoms with Crippen LogP contribution in [0.4, 0.5) is 11.4 Å². The molecule has 0 aromatic heterocycles. The van der Waals surface area contributed by atoms with E-state index in [1.165, 1.54) is 0 Å². The van der Waals surface area contributed by atoms with E-state index in [1.54, 1.807) is 0 Å². The van der Waals surface area contributed by atoms with Crippen molar-refractivity contribution in [1.29, 1.82) is 0 Å². The lowest BCUT2D eigenvalue weighted by Crippen LogP contribution is -2.19. The van der Waals surface area contributed by atoms with Crippen LogP contribution in [0.25, 0.3) is 0 Å². The summed E-state index contributed by atoms with van der Waals surface area (Å²) in [7, 11) is 0. The van der Waals surface area contributed by atoms with Crippen LogP contribution < -0.4 is 11.1 Å². The van der Waals surface area contributed by atoms with Crippen LogP contribution in [0.2, 0.25) is 0 Å². The van der Waals surface area contributed by atoms with Crippen LogP contribution in [-0.2, 0) is 0 Å². The van der Waals surface area contributed by atoms with Crippen LogP contribution >= 0.6 is 0 Å². The molecule has 1 atom stereocenters. The molecule has 3 heteroatoms. The summed E-state index contributed by atoms with van der Waals surface area (Å²) in [5.41, 5.74) is 8.63. The van der Waals surface area contributed by atoms with E-state index in [2.05, 4.69) is 12.2 Å². The van der Waals surface area contributed by atoms with E-state index in [0.717, 1.165) is 29.8 Å². The van der Waals surface area contributed by atoms with Gasteiger partial charge < -0.3 is 16.2 Å². The molecule has 0 radical (unpaired) electrons. The molecule has 4 N–H and O–H groups in total. The summed E-state index contributed by atoms with van der Waals surface area (Å²) in [4.78, 5) is 0. The van der Waals surface area contributed by atoms with E-state index in [9.17, 15) is 5.11 Å². The highest BCUT2D eigenvalue weighted by Crippen LogP contribution is 2.21. The molecule has 0 heterocycles. The zero-order chi connectivity index (χ0) is 11.3. The van der Waals surface area contributed by atoms with Gasteiger partial charge in [-0.1, -0.05) is 25.5 Å². The molecule has 15 heavy (non-hydrogen) atoms. The van der Waals surface area contributed by atoms with Crippen molar-refractivity contribution in [3.63, 3.8) is 0 Å². The first-order valence-electron chi connectivity index (χ1n) is 5.42. The first-order chi connectivity index (χ1) is 7.15. The molecule has 84 valence electrons. The van der Waals surface area contributed by atoms with Gasteiger partial charge in [0.2, 0.25) is 0 Å². The molecule has 0 fully saturated rings. The van der Waals surface area contributed by atoms with E-state index >= 15 is 0 Å². The fourth-order valence-corrected chi connectivity index (χ4v) is 1.50. The summed E-state index contributed by atoms with van der Waals surface area (Å²) in [6.07, 6.45) is 1.51. The Kier molecular flexibility index (Phi) is 4.43. The van der Waals surface area contributed by atoms with Crippen molar-refractivity contribution in [1.82, 2.24) is 0 Å². The van der Waals surface area contributed by atoms with Crippen LogP contribution in [0.15, 0.2) is 18.2 Å². The Balaban J connectivity index is 2.54. The summed E-state index contributed by atoms with van der Waals surface area (Å²) < 4.78 is 0. The highest BCUT2D eigenvalue weighted by Gasteiger charge is 2.04. The van der Waals surface area contributed by atoms with Crippen molar-refractivity contribution in [2.24, 2.45) is 0 Å². The summed E-state index contributed by atoms with van der Waals surface area (Å²) in [6, 6.07) is 5.87. The standard InChI is InChI=1S/C12H20N2O/c1-3-5-10(15)8-14-11-7-4-6-9(2)12(11)13/h4,6-7,10,14-15H,3,5,8,13H2,1-2H3. The highest BCUT2D eigenvalue weighted by atomic mass is 16.3. The van der Waals surface area contributed by atoms with Gasteiger partial charge >= 0.3 is 0 Å². The predicted octanol–water partition coefficient (Wildman–Crippen LogP) is 2.15. The molecule has 0 aliphatic carbocycles. The van der Waals surface area contributed by atoms with Crippen molar-refractivity contribution in [3.05, 3.63) is 23.8 Å². The first kappa shape index (κ1) is 11.9. The lowest BCUT2D eigenvalue weighted by Gasteiger charge is -2.14. The molecule has 0 aliphatic heterocycles. The highest BCUT2D eigenvalue weighted by molar-refractivity contribution is 5.69. The Morgan fingerprint density at radius 3 is 2.87 bits per heavy atom. The van der Waals surface area contributed by atoms with Gasteiger partial charge in [-0.3, -0.25) is 0 Å². The minimum atomic E-state index is -0.296. The van der Waals surface area contributed by atoms with Gasteiger partial charge in [0.15, 0.2) is 0 Å². The number of anilines is 2. The molecule has 0 spiro atoms. The molecular weight excluding hydrogens is 188 g/mol. The van der Waals surface area contributed by atoms with Gasteiger partial charge in [0.05, 0.1) is 17.5 Å². The summed E-state index contributed by atoms with van der Waals surface area (Å²) >= 11 is 0. The second kappa shape index (κ2) is 5.61. The Morgan fingerprint density at radius 1 is 1.47 bits per heavy atom. The topological polar surface area (TPSA) is 58.3 Å². The van der Waals surface area contributed by atoms with Crippen LogP contribution in [0.3, 0.4) is 0 Å². The second-order valence-electron chi connectivity index (χ2n) is 3.86. The van der Waals surface area contributed by atoms with Crippen LogP contribution in [0, 0.1) is 6.92 Å². The maximum absolute atomic E-state index is 9.57. The van der Waals surface area contributed by atoms with Crippen molar-refractivity contribution >= 4 is 11.4 Å². The number of aliphatic hydroxyl groups excluding tert-OH is 1. The van der Waals surface area contributed by atoms with Gasteiger partial charge in [-0.25, -0.2) is 0 Å². The fourth-order valence-electron chi connectivity index (χ4n) is 1.50. The van der Waals surface area contributed by atoms with Gasteiger partial charge in [0, 0.05) is 6.54 Å². The van der Waals surface area contributed by atoms with Gasteiger partial charge in [0.25, 0.3) is 0 Å². The number of nitrogens with one attached hydrogen (secondary N) is 1. The van der Waals surface area contributed by atoms with Gasteiger partial charge in [-0.2, -0.15) is 0 Å². The zero-order valence-corrected chi connectivity index (χ0v) is 9.46. The third kappa shape index (κ3) is 3.44. The van der Waals surface area contributed by atoms with Crippen molar-refractivity contribution < 1.29 is 5.11 Å². The fraction of sp³-hybridized carbons (Fsp3) is 0.500. The minimum Gasteiger partial charge on any atom is -0.397 e. The number of aryl methyl sites for hydroxylation is 1. The number of para-hydroxylation sites is 1. The summed E-state index contributed by atoms with van der Waals surface area (Å²) in [5, 5.41) is 12.7. The number of hydrogen-bond donors (Lipinski definition) is 3. The quantitative estimate of drug-likeness (QED) is 0.650. The predicted molar refractivity (Wildman–Crippen MR) is 65.0 cm³/mol. The molecular formula is C12H20N2O. The number of benzene rings is 1. The third-order valence-corrected chi connectivity index (χ3v) is 2.47. The van der Waals surface area contributed by atoms with Crippen LogP contribution in [-0.4, -0.2) is 17.8 Å². The SMILES string of the molecule is CCCC(O)CNc1cccc(C)c1N. The Hall–Kier alpha value is -1.22. The maximum atomic E-state index is 9.57. The number of nitrogen functional groups attached to an aromatic ring is 1. The van der Waals surface area contributed by atoms with E-state index in [0.29, 0.717) is 6.54 Å². The van der Waals surface area contributed by atoms with Crippen molar-refractivity contribution in [2.45, 2.75) is 32.8 Å². The molecule has 0 aliphatic rings. The van der Waals surface area contributed by atoms with Crippen LogP contribution in [0.5, 0.6) is 0 Å². The summed E-state index contributed by atoms with van der Waals surface area (Å²) in [5.74, 6) is 0. The normalized spacial score (nSPS) is 12.5. The average molecular weight is 208 g/mol. The minimum absolute atomic E-state index is 0.296. The van der Waals surface area contributed by atoms with Crippen molar-refractivity contribution in [3.8, 4) is 0 Å². The lowest BCUT2D eigenvalue weighted by molar-refractivity contribution is 0.176. The molecule has 1 rings (SSSR count). The first-order valence-corrected chi connectivity index (χ1v) is 5.42. The molecule has 1 aromatic carbocycles. The number of hydrogen-bond acceptors (Lipinski definition) is 3. The molecule has 0 saturated carbocycles. The average Bonchev–Trinajstić information content (AvgIpc) is 2.21. The lowest BCUT2D eigenvalue weighted by atomic mass is 10.1. The Bertz CT molecular complexity index is 312. The van der Waals surface area contributed by atoms with Gasteiger partial charge in [-0.15, -0.1) is 0 Å². The second-order valence-corrected chi connectivity index (χ2v) is 3.86. The number of rotatable bonds is 5. The number of nitrogens with two attached hydrogens (primary N) is 1. The van der Waals surface area contributed by atoms with Crippen LogP contribution in [0.1, 0.15) is 25.3 Å². The molecule has 1 unspecified atom stereocenters. The third-order valence-electron chi connectivity index (χ3n) is 2.47. The summed E-state index contributed by atoms with van der Waals surface area (Å²) in [6.45, 7) is 4.59. The largest absolute Gasteiger partial charge is 0.397 e. The van der Waals surface area contributed by atoms with E-state index < -0.39 is 0 Å². The molecule has 0 amide bonds. The van der Waals surface area contributed by atoms with Crippen molar-refractivity contribution in [2.75, 3.05) is 17.6 Å². The molecule has 0 bridgehead atoms. The van der Waals surface area contributed by atoms with Gasteiger partial charge in [0.1, 0.15) is 0 Å². The zero-order valence-electron chi connectivity index (χ0n) is 9.46. The number of aliphatic hydroxyl groups is 1. The van der Waals surface area contributed by atoms with E-state index in [1.807, 2.05) is 25.1 Å². The molecule has 3 nitrogen and oxygen atoms in total. The smallest absolute Gasteiger partial charge is 0.0712 e. The van der Waals surface area contributed by atoms with E-state index in [4.69, 9.17) is 5.73 Å². The Morgan fingerprint density at radius 2 is 2.20 bits per heavy atom. The Labute approximate surface area is 91.3 Å². The van der Waals surface area contributed by atoms with E-state index in [-0.39, 0.29) is 6.10 Å².